The lowest BCUT2D eigenvalue weighted by Gasteiger charge is -2.11. The second-order valence-electron chi connectivity index (χ2n) is 3.41. The minimum absolute atomic E-state index is 0.0889. The molecule has 1 rings (SSSR count). The predicted molar refractivity (Wildman–Crippen MR) is 56.0 cm³/mol. The van der Waals surface area contributed by atoms with Gasteiger partial charge in [-0.25, -0.2) is 0 Å². The largest absolute Gasteiger partial charge is 0.461 e. The average molecular weight is 206 g/mol. The summed E-state index contributed by atoms with van der Waals surface area (Å²) in [5.41, 5.74) is 0.621. The normalized spacial score (nSPS) is 15.4. The lowest BCUT2D eigenvalue weighted by Crippen LogP contribution is -2.15. The van der Waals surface area contributed by atoms with Crippen molar-refractivity contribution < 1.29 is 14.3 Å². The summed E-state index contributed by atoms with van der Waals surface area (Å²) in [7, 11) is 0. The highest BCUT2D eigenvalue weighted by molar-refractivity contribution is 5.96. The van der Waals surface area contributed by atoms with E-state index < -0.39 is 0 Å². The van der Waals surface area contributed by atoms with Gasteiger partial charge in [0.2, 0.25) is 0 Å². The number of rotatable bonds is 4. The molecule has 3 heteroatoms. The highest BCUT2D eigenvalue weighted by atomic mass is 16.5. The van der Waals surface area contributed by atoms with Crippen LogP contribution in [0.1, 0.15) is 32.1 Å². The number of hydrogen-bond donors (Lipinski definition) is 0. The standard InChI is InChI=1S/C12H14O3/c1-2-3-8-12(14)15-9-10-6-4-5-7-11(10)13/h1,6H,3-5,7-9H2. The fourth-order valence-electron chi connectivity index (χ4n) is 1.36. The Morgan fingerprint density at radius 2 is 2.40 bits per heavy atom. The van der Waals surface area contributed by atoms with E-state index in [1.807, 2.05) is 6.08 Å². The Balaban J connectivity index is 2.30. The highest BCUT2D eigenvalue weighted by Gasteiger charge is 2.14. The van der Waals surface area contributed by atoms with Gasteiger partial charge in [-0.3, -0.25) is 9.59 Å². The quantitative estimate of drug-likeness (QED) is 0.518. The summed E-state index contributed by atoms with van der Waals surface area (Å²) in [6.07, 6.45) is 9.81. The maximum Gasteiger partial charge on any atom is 0.307 e. The van der Waals surface area contributed by atoms with Gasteiger partial charge in [0.15, 0.2) is 5.78 Å². The number of terminal acetylenes is 1. The Bertz CT molecular complexity index is 320. The summed E-state index contributed by atoms with van der Waals surface area (Å²) in [6, 6.07) is 0. The molecule has 0 aliphatic heterocycles. The molecule has 0 fully saturated rings. The van der Waals surface area contributed by atoms with Gasteiger partial charge in [-0.1, -0.05) is 6.08 Å². The fraction of sp³-hybridized carbons (Fsp3) is 0.500. The van der Waals surface area contributed by atoms with E-state index in [-0.39, 0.29) is 24.8 Å². The number of Topliss-reactive ketones (excluding diaryl/α,β-unsaturated/α-hetero) is 1. The summed E-state index contributed by atoms with van der Waals surface area (Å²) in [5.74, 6) is 2.11. The van der Waals surface area contributed by atoms with Gasteiger partial charge < -0.3 is 4.74 Å². The monoisotopic (exact) mass is 206 g/mol. The number of hydrogen-bond acceptors (Lipinski definition) is 3. The van der Waals surface area contributed by atoms with Crippen LogP contribution in [0.5, 0.6) is 0 Å². The SMILES string of the molecule is C#CCCC(=O)OCC1=CCCCC1=O. The van der Waals surface area contributed by atoms with Crippen LogP contribution in [0.25, 0.3) is 0 Å². The number of carbonyl (C=O) groups is 2. The molecule has 0 saturated carbocycles. The third-order valence-corrected chi connectivity index (χ3v) is 2.22. The third kappa shape index (κ3) is 3.99. The first-order chi connectivity index (χ1) is 7.24. The van der Waals surface area contributed by atoms with Crippen LogP contribution >= 0.6 is 0 Å². The van der Waals surface area contributed by atoms with Crippen molar-refractivity contribution in [2.45, 2.75) is 32.1 Å². The molecular weight excluding hydrogens is 192 g/mol. The molecule has 1 aliphatic rings. The summed E-state index contributed by atoms with van der Waals surface area (Å²) in [5, 5.41) is 0. The van der Waals surface area contributed by atoms with Crippen molar-refractivity contribution in [3.8, 4) is 12.3 Å². The highest BCUT2D eigenvalue weighted by Crippen LogP contribution is 2.14. The van der Waals surface area contributed by atoms with Crippen molar-refractivity contribution >= 4 is 11.8 Å². The van der Waals surface area contributed by atoms with Crippen LogP contribution in [0.2, 0.25) is 0 Å². The van der Waals surface area contributed by atoms with Crippen LogP contribution in [-0.4, -0.2) is 18.4 Å². The van der Waals surface area contributed by atoms with E-state index >= 15 is 0 Å². The topological polar surface area (TPSA) is 43.4 Å². The molecule has 0 amide bonds. The molecule has 0 aromatic rings. The zero-order chi connectivity index (χ0) is 11.1. The molecule has 80 valence electrons. The minimum atomic E-state index is -0.341. The van der Waals surface area contributed by atoms with E-state index in [4.69, 9.17) is 11.2 Å². The van der Waals surface area contributed by atoms with Crippen molar-refractivity contribution in [2.24, 2.45) is 0 Å². The van der Waals surface area contributed by atoms with Gasteiger partial charge in [0.25, 0.3) is 0 Å². The first-order valence-electron chi connectivity index (χ1n) is 5.05. The first-order valence-corrected chi connectivity index (χ1v) is 5.05. The Hall–Kier alpha value is -1.56. The van der Waals surface area contributed by atoms with Crippen LogP contribution in [-0.2, 0) is 14.3 Å². The van der Waals surface area contributed by atoms with Crippen LogP contribution < -0.4 is 0 Å². The maximum absolute atomic E-state index is 11.3. The van der Waals surface area contributed by atoms with Crippen molar-refractivity contribution in [1.29, 1.82) is 0 Å². The van der Waals surface area contributed by atoms with Gasteiger partial charge in [0.1, 0.15) is 6.61 Å². The van der Waals surface area contributed by atoms with Crippen molar-refractivity contribution in [1.82, 2.24) is 0 Å². The van der Waals surface area contributed by atoms with Crippen molar-refractivity contribution in [3.63, 3.8) is 0 Å². The van der Waals surface area contributed by atoms with Crippen LogP contribution in [0.4, 0.5) is 0 Å². The molecule has 0 N–H and O–H groups in total. The maximum atomic E-state index is 11.3. The Morgan fingerprint density at radius 3 is 3.07 bits per heavy atom. The second kappa shape index (κ2) is 6.02. The minimum Gasteiger partial charge on any atom is -0.461 e. The van der Waals surface area contributed by atoms with E-state index in [1.54, 1.807) is 0 Å². The molecule has 0 aromatic carbocycles. The molecular formula is C12H14O3. The van der Waals surface area contributed by atoms with E-state index in [0.29, 0.717) is 18.4 Å². The molecule has 0 unspecified atom stereocenters. The van der Waals surface area contributed by atoms with E-state index in [2.05, 4.69) is 5.92 Å². The molecule has 0 saturated heterocycles. The molecule has 0 bridgehead atoms. The average Bonchev–Trinajstić information content (AvgIpc) is 2.25. The number of allylic oxidation sites excluding steroid dienone is 1. The van der Waals surface area contributed by atoms with E-state index in [9.17, 15) is 9.59 Å². The van der Waals surface area contributed by atoms with Crippen LogP contribution in [0, 0.1) is 12.3 Å². The molecule has 1 aliphatic carbocycles. The number of ether oxygens (including phenoxy) is 1. The summed E-state index contributed by atoms with van der Waals surface area (Å²) in [6.45, 7) is 0.0994. The van der Waals surface area contributed by atoms with Gasteiger partial charge in [-0.2, -0.15) is 0 Å². The second-order valence-corrected chi connectivity index (χ2v) is 3.41. The predicted octanol–water partition coefficient (Wildman–Crippen LogP) is 1.62. The van der Waals surface area contributed by atoms with Gasteiger partial charge in [0.05, 0.1) is 6.42 Å². The smallest absolute Gasteiger partial charge is 0.307 e. The van der Waals surface area contributed by atoms with E-state index in [0.717, 1.165) is 12.8 Å². The summed E-state index contributed by atoms with van der Waals surface area (Å²) < 4.78 is 4.93. The van der Waals surface area contributed by atoms with Crippen molar-refractivity contribution in [2.75, 3.05) is 6.61 Å². The molecule has 3 nitrogen and oxygen atoms in total. The fourth-order valence-corrected chi connectivity index (χ4v) is 1.36. The van der Waals surface area contributed by atoms with Crippen LogP contribution in [0.15, 0.2) is 11.6 Å². The number of esters is 1. The van der Waals surface area contributed by atoms with Gasteiger partial charge >= 0.3 is 5.97 Å². The Morgan fingerprint density at radius 1 is 1.60 bits per heavy atom. The zero-order valence-corrected chi connectivity index (χ0v) is 8.62. The van der Waals surface area contributed by atoms with Gasteiger partial charge in [-0.15, -0.1) is 12.3 Å². The zero-order valence-electron chi connectivity index (χ0n) is 8.62. The van der Waals surface area contributed by atoms with Gasteiger partial charge in [-0.05, 0) is 12.8 Å². The van der Waals surface area contributed by atoms with E-state index in [1.165, 1.54) is 0 Å². The first kappa shape index (κ1) is 11.5. The Kier molecular flexibility index (Phi) is 4.62. The molecule has 15 heavy (non-hydrogen) atoms. The summed E-state index contributed by atoms with van der Waals surface area (Å²) in [4.78, 5) is 22.4. The third-order valence-electron chi connectivity index (χ3n) is 2.22. The van der Waals surface area contributed by atoms with Gasteiger partial charge in [0, 0.05) is 18.4 Å². The lowest BCUT2D eigenvalue weighted by molar-refractivity contribution is -0.142. The lowest BCUT2D eigenvalue weighted by atomic mass is 9.99. The molecule has 0 aromatic heterocycles. The number of ketones is 1. The number of carbonyl (C=O) groups excluding carboxylic acids is 2. The molecule has 0 heterocycles. The Labute approximate surface area is 89.5 Å². The van der Waals surface area contributed by atoms with Crippen LogP contribution in [0.3, 0.4) is 0 Å². The molecule has 0 spiro atoms. The molecule has 0 radical (unpaired) electrons. The van der Waals surface area contributed by atoms with Crippen molar-refractivity contribution in [3.05, 3.63) is 11.6 Å². The molecule has 0 atom stereocenters. The summed E-state index contributed by atoms with van der Waals surface area (Å²) >= 11 is 0.